The van der Waals surface area contributed by atoms with Crippen molar-refractivity contribution >= 4 is 10.9 Å². The Morgan fingerprint density at radius 3 is 2.13 bits per heavy atom. The summed E-state index contributed by atoms with van der Waals surface area (Å²) in [5.74, 6) is -0.261. The zero-order valence-electron chi connectivity index (χ0n) is 9.79. The number of fused-ring (bicyclic) bond motifs is 1. The summed E-state index contributed by atoms with van der Waals surface area (Å²) in [6.07, 6.45) is 1.59. The molecule has 2 aromatic rings. The van der Waals surface area contributed by atoms with Crippen LogP contribution in [-0.2, 0) is 0 Å². The highest BCUT2D eigenvalue weighted by atomic mass is 19.1. The molecule has 0 fully saturated rings. The normalized spacial score (nSPS) is 8.33. The van der Waals surface area contributed by atoms with E-state index in [1.807, 2.05) is 39.8 Å². The third-order valence-electron chi connectivity index (χ3n) is 1.58. The predicted octanol–water partition coefficient (Wildman–Crippen LogP) is 4.43. The number of hydrogen-bond donors (Lipinski definition) is 0. The van der Waals surface area contributed by atoms with Gasteiger partial charge >= 0.3 is 0 Å². The second-order valence-corrected chi connectivity index (χ2v) is 2.31. The Morgan fingerprint density at radius 1 is 0.933 bits per heavy atom. The number of pyridine rings is 1. The van der Waals surface area contributed by atoms with Crippen molar-refractivity contribution in [1.82, 2.24) is 4.98 Å². The molecule has 1 aromatic heterocycles. The molecule has 0 spiro atoms. The van der Waals surface area contributed by atoms with Crippen molar-refractivity contribution in [3.05, 3.63) is 42.3 Å². The van der Waals surface area contributed by atoms with Crippen LogP contribution in [0.4, 0.5) is 4.39 Å². The molecule has 2 heteroatoms. The summed E-state index contributed by atoms with van der Waals surface area (Å²) < 4.78 is 12.9. The molecule has 0 aliphatic carbocycles. The molecule has 0 aliphatic heterocycles. The molecule has 0 bridgehead atoms. The highest BCUT2D eigenvalue weighted by Crippen LogP contribution is 2.13. The van der Waals surface area contributed by atoms with E-state index < -0.39 is 0 Å². The van der Waals surface area contributed by atoms with Crippen molar-refractivity contribution in [2.75, 3.05) is 0 Å². The lowest BCUT2D eigenvalue weighted by molar-refractivity contribution is 0.637. The summed E-state index contributed by atoms with van der Waals surface area (Å²) in [7, 11) is 0. The van der Waals surface area contributed by atoms with Crippen molar-refractivity contribution in [3.63, 3.8) is 0 Å². The molecule has 0 saturated heterocycles. The van der Waals surface area contributed by atoms with Crippen molar-refractivity contribution in [2.45, 2.75) is 27.7 Å². The minimum atomic E-state index is -0.261. The van der Waals surface area contributed by atoms with Crippen LogP contribution >= 0.6 is 0 Å². The second-order valence-electron chi connectivity index (χ2n) is 2.31. The van der Waals surface area contributed by atoms with E-state index in [9.17, 15) is 4.39 Å². The van der Waals surface area contributed by atoms with Crippen LogP contribution in [0.3, 0.4) is 0 Å². The Morgan fingerprint density at radius 2 is 1.53 bits per heavy atom. The molecule has 1 heterocycles. The van der Waals surface area contributed by atoms with Crippen molar-refractivity contribution in [3.8, 4) is 0 Å². The van der Waals surface area contributed by atoms with Gasteiger partial charge in [-0.15, -0.1) is 0 Å². The first kappa shape index (κ1) is 13.6. The Bertz CT molecular complexity index is 380. The topological polar surface area (TPSA) is 12.9 Å². The maximum Gasteiger partial charge on any atom is 0.149 e. The number of benzene rings is 1. The first-order valence-corrected chi connectivity index (χ1v) is 5.37. The molecule has 0 unspecified atom stereocenters. The van der Waals surface area contributed by atoms with Crippen LogP contribution < -0.4 is 0 Å². The number of aromatic nitrogens is 1. The third kappa shape index (κ3) is 3.66. The minimum Gasteiger partial charge on any atom is -0.253 e. The van der Waals surface area contributed by atoms with Gasteiger partial charge in [0.25, 0.3) is 0 Å². The van der Waals surface area contributed by atoms with Gasteiger partial charge in [-0.2, -0.15) is 0 Å². The fourth-order valence-electron chi connectivity index (χ4n) is 1.07. The Hall–Kier alpha value is -1.44. The molecule has 1 nitrogen and oxygen atoms in total. The molecule has 82 valence electrons. The highest BCUT2D eigenvalue weighted by molar-refractivity contribution is 5.78. The molecule has 0 radical (unpaired) electrons. The summed E-state index contributed by atoms with van der Waals surface area (Å²) in [6.45, 7) is 8.00. The number of para-hydroxylation sites is 1. The van der Waals surface area contributed by atoms with E-state index in [0.29, 0.717) is 5.52 Å². The monoisotopic (exact) mass is 207 g/mol. The van der Waals surface area contributed by atoms with Crippen molar-refractivity contribution in [2.24, 2.45) is 0 Å². The lowest BCUT2D eigenvalue weighted by Gasteiger charge is -1.94. The second kappa shape index (κ2) is 7.92. The Labute approximate surface area is 91.0 Å². The van der Waals surface area contributed by atoms with Gasteiger partial charge in [-0.25, -0.2) is 4.39 Å². The fraction of sp³-hybridized carbons (Fsp3) is 0.308. The van der Waals surface area contributed by atoms with Crippen molar-refractivity contribution < 1.29 is 4.39 Å². The highest BCUT2D eigenvalue weighted by Gasteiger charge is 1.97. The van der Waals surface area contributed by atoms with Gasteiger partial charge in [0.15, 0.2) is 0 Å². The standard InChI is InChI=1S/C9H6FN.2C2H6/c10-8-5-1-3-7-4-2-6-11-9(7)8;2*1-2/h1-6H;2*1-2H3. The van der Waals surface area contributed by atoms with Crippen LogP contribution in [0.2, 0.25) is 0 Å². The van der Waals surface area contributed by atoms with Gasteiger partial charge in [0, 0.05) is 11.6 Å². The number of halogens is 1. The van der Waals surface area contributed by atoms with Gasteiger partial charge in [-0.3, -0.25) is 4.98 Å². The molecule has 0 N–H and O–H groups in total. The summed E-state index contributed by atoms with van der Waals surface area (Å²) in [5.41, 5.74) is 0.440. The predicted molar refractivity (Wildman–Crippen MR) is 64.4 cm³/mol. The quantitative estimate of drug-likeness (QED) is 0.623. The van der Waals surface area contributed by atoms with Crippen LogP contribution in [0.25, 0.3) is 10.9 Å². The summed E-state index contributed by atoms with van der Waals surface area (Å²) in [5, 5.41) is 0.840. The zero-order chi connectivity index (χ0) is 11.7. The summed E-state index contributed by atoms with van der Waals surface area (Å²) in [4.78, 5) is 3.91. The lowest BCUT2D eigenvalue weighted by Crippen LogP contribution is -1.81. The Balaban J connectivity index is 0.000000442. The Kier molecular flexibility index (Phi) is 7.16. The largest absolute Gasteiger partial charge is 0.253 e. The molecule has 0 saturated carbocycles. The maximum absolute atomic E-state index is 12.9. The van der Waals surface area contributed by atoms with Crippen LogP contribution in [0.5, 0.6) is 0 Å². The fourth-order valence-corrected chi connectivity index (χ4v) is 1.07. The van der Waals surface area contributed by atoms with E-state index in [4.69, 9.17) is 0 Å². The molecule has 1 aromatic carbocycles. The summed E-state index contributed by atoms with van der Waals surface area (Å²) in [6, 6.07) is 8.56. The molecule has 0 atom stereocenters. The smallest absolute Gasteiger partial charge is 0.149 e. The van der Waals surface area contributed by atoms with Gasteiger partial charge in [-0.1, -0.05) is 45.9 Å². The average molecular weight is 207 g/mol. The van der Waals surface area contributed by atoms with E-state index in [2.05, 4.69) is 4.98 Å². The molecule has 0 aliphatic rings. The molecular formula is C13H18FN. The molecule has 2 rings (SSSR count). The van der Waals surface area contributed by atoms with Crippen LogP contribution in [0.1, 0.15) is 27.7 Å². The first-order chi connectivity index (χ1) is 7.38. The number of hydrogen-bond acceptors (Lipinski definition) is 1. The summed E-state index contributed by atoms with van der Waals surface area (Å²) >= 11 is 0. The van der Waals surface area contributed by atoms with E-state index in [0.717, 1.165) is 5.39 Å². The average Bonchev–Trinajstić information content (AvgIpc) is 2.35. The van der Waals surface area contributed by atoms with E-state index in [-0.39, 0.29) is 5.82 Å². The van der Waals surface area contributed by atoms with Gasteiger partial charge in [0.05, 0.1) is 0 Å². The van der Waals surface area contributed by atoms with Gasteiger partial charge in [-0.05, 0) is 12.1 Å². The number of nitrogens with zero attached hydrogens (tertiary/aromatic N) is 1. The van der Waals surface area contributed by atoms with E-state index in [1.165, 1.54) is 6.07 Å². The SMILES string of the molecule is CC.CC.Fc1cccc2cccnc12. The zero-order valence-corrected chi connectivity index (χ0v) is 9.79. The lowest BCUT2D eigenvalue weighted by atomic mass is 10.2. The van der Waals surface area contributed by atoms with Gasteiger partial charge in [0.1, 0.15) is 11.3 Å². The van der Waals surface area contributed by atoms with E-state index in [1.54, 1.807) is 18.3 Å². The van der Waals surface area contributed by atoms with Crippen LogP contribution in [0, 0.1) is 5.82 Å². The minimum absolute atomic E-state index is 0.261. The van der Waals surface area contributed by atoms with Crippen LogP contribution in [-0.4, -0.2) is 4.98 Å². The third-order valence-corrected chi connectivity index (χ3v) is 1.58. The maximum atomic E-state index is 12.9. The van der Waals surface area contributed by atoms with Crippen molar-refractivity contribution in [1.29, 1.82) is 0 Å². The molecule has 0 amide bonds. The number of rotatable bonds is 0. The van der Waals surface area contributed by atoms with E-state index >= 15 is 0 Å². The first-order valence-electron chi connectivity index (χ1n) is 5.37. The molecular weight excluding hydrogens is 189 g/mol. The molecule has 15 heavy (non-hydrogen) atoms. The van der Waals surface area contributed by atoms with Gasteiger partial charge in [0.2, 0.25) is 0 Å². The van der Waals surface area contributed by atoms with Crippen LogP contribution in [0.15, 0.2) is 36.5 Å². The van der Waals surface area contributed by atoms with Gasteiger partial charge < -0.3 is 0 Å².